The van der Waals surface area contributed by atoms with E-state index in [1.807, 2.05) is 12.1 Å². The van der Waals surface area contributed by atoms with E-state index in [1.165, 1.54) is 6.26 Å². The first kappa shape index (κ1) is 11.9. The fraction of sp³-hybridized carbons (Fsp3) is 0.300. The van der Waals surface area contributed by atoms with Gasteiger partial charge in [0.2, 0.25) is 5.91 Å². The Morgan fingerprint density at radius 2 is 2.27 bits per heavy atom. The second kappa shape index (κ2) is 5.63. The summed E-state index contributed by atoms with van der Waals surface area (Å²) in [6.07, 6.45) is 1.50. The van der Waals surface area contributed by atoms with Gasteiger partial charge in [-0.25, -0.2) is 0 Å². The molecule has 1 unspecified atom stereocenters. The smallest absolute Gasteiger partial charge is 0.236 e. The van der Waals surface area contributed by atoms with Crippen LogP contribution in [0.25, 0.3) is 0 Å². The summed E-state index contributed by atoms with van der Waals surface area (Å²) in [5, 5.41) is 2.66. The molecule has 0 radical (unpaired) electrons. The first-order valence-electron chi connectivity index (χ1n) is 4.50. The summed E-state index contributed by atoms with van der Waals surface area (Å²) in [5.41, 5.74) is 7.11. The van der Waals surface area contributed by atoms with Crippen molar-refractivity contribution >= 4 is 22.4 Å². The van der Waals surface area contributed by atoms with Crippen LogP contribution in [0, 0.1) is 0 Å². The van der Waals surface area contributed by atoms with E-state index in [0.29, 0.717) is 12.2 Å². The van der Waals surface area contributed by atoms with Crippen LogP contribution in [0.15, 0.2) is 24.3 Å². The fourth-order valence-corrected chi connectivity index (χ4v) is 1.60. The van der Waals surface area contributed by atoms with Gasteiger partial charge in [-0.05, 0) is 17.7 Å². The number of amides is 1. The predicted molar refractivity (Wildman–Crippen MR) is 61.9 cm³/mol. The van der Waals surface area contributed by atoms with Gasteiger partial charge in [-0.2, -0.15) is 0 Å². The van der Waals surface area contributed by atoms with Crippen molar-refractivity contribution in [2.45, 2.75) is 6.54 Å². The zero-order valence-corrected chi connectivity index (χ0v) is 9.34. The predicted octanol–water partition coefficient (Wildman–Crippen LogP) is 0.462. The lowest BCUT2D eigenvalue weighted by Crippen LogP contribution is -2.18. The largest absolute Gasteiger partial charge is 0.326 e. The highest BCUT2D eigenvalue weighted by Gasteiger charge is 2.04. The number of anilines is 1. The summed E-state index contributed by atoms with van der Waals surface area (Å²) in [5.74, 6) is -0.225. The molecule has 1 aromatic rings. The van der Waals surface area contributed by atoms with Crippen molar-refractivity contribution in [3.05, 3.63) is 29.8 Å². The Balaban J connectivity index is 2.63. The summed E-state index contributed by atoms with van der Waals surface area (Å²) < 4.78 is 10.8. The molecule has 0 aliphatic heterocycles. The number of benzene rings is 1. The molecule has 0 bridgehead atoms. The number of hydrogen-bond donors (Lipinski definition) is 2. The van der Waals surface area contributed by atoms with Crippen LogP contribution in [0.5, 0.6) is 0 Å². The Morgan fingerprint density at radius 1 is 1.53 bits per heavy atom. The molecule has 0 fully saturated rings. The summed E-state index contributed by atoms with van der Waals surface area (Å²) in [4.78, 5) is 11.3. The van der Waals surface area contributed by atoms with Gasteiger partial charge in [0.15, 0.2) is 0 Å². The molecule has 0 saturated carbocycles. The van der Waals surface area contributed by atoms with Gasteiger partial charge in [0, 0.05) is 29.3 Å². The number of carbonyl (C=O) groups excluding carboxylic acids is 1. The minimum Gasteiger partial charge on any atom is -0.326 e. The number of nitrogens with one attached hydrogen (secondary N) is 1. The van der Waals surface area contributed by atoms with Crippen molar-refractivity contribution in [1.82, 2.24) is 0 Å². The number of hydrogen-bond acceptors (Lipinski definition) is 3. The van der Waals surface area contributed by atoms with Gasteiger partial charge in [-0.15, -0.1) is 0 Å². The maximum absolute atomic E-state index is 11.3. The van der Waals surface area contributed by atoms with Crippen molar-refractivity contribution in [3.63, 3.8) is 0 Å². The normalized spacial score (nSPS) is 12.1. The van der Waals surface area contributed by atoms with E-state index in [-0.39, 0.29) is 11.7 Å². The molecule has 0 aromatic heterocycles. The van der Waals surface area contributed by atoms with Gasteiger partial charge >= 0.3 is 0 Å². The summed E-state index contributed by atoms with van der Waals surface area (Å²) >= 11 is 0. The second-order valence-electron chi connectivity index (χ2n) is 3.17. The molecule has 3 N–H and O–H groups in total. The average molecular weight is 226 g/mol. The molecular formula is C10H14N2O2S. The van der Waals surface area contributed by atoms with E-state index in [4.69, 9.17) is 5.73 Å². The Kier molecular flexibility index (Phi) is 4.45. The van der Waals surface area contributed by atoms with E-state index >= 15 is 0 Å². The molecule has 1 aromatic carbocycles. The first-order valence-corrected chi connectivity index (χ1v) is 6.23. The topological polar surface area (TPSA) is 72.2 Å². The lowest BCUT2D eigenvalue weighted by Gasteiger charge is -2.05. The number of carbonyl (C=O) groups is 1. The van der Waals surface area contributed by atoms with Crippen molar-refractivity contribution < 1.29 is 9.00 Å². The fourth-order valence-electron chi connectivity index (χ4n) is 1.16. The molecule has 1 rings (SSSR count). The highest BCUT2D eigenvalue weighted by atomic mass is 32.2. The monoisotopic (exact) mass is 226 g/mol. The van der Waals surface area contributed by atoms with Crippen molar-refractivity contribution in [1.29, 1.82) is 0 Å². The van der Waals surface area contributed by atoms with Crippen LogP contribution < -0.4 is 11.1 Å². The molecule has 0 aliphatic rings. The number of nitrogens with two attached hydrogens (primary N) is 1. The van der Waals surface area contributed by atoms with Gasteiger partial charge in [-0.3, -0.25) is 9.00 Å². The minimum absolute atomic E-state index is 0.0207. The molecule has 1 atom stereocenters. The lowest BCUT2D eigenvalue weighted by atomic mass is 10.2. The zero-order valence-electron chi connectivity index (χ0n) is 8.53. The zero-order chi connectivity index (χ0) is 11.3. The maximum Gasteiger partial charge on any atom is 0.236 e. The highest BCUT2D eigenvalue weighted by Crippen LogP contribution is 2.09. The summed E-state index contributed by atoms with van der Waals surface area (Å²) in [7, 11) is -1.11. The van der Waals surface area contributed by atoms with Crippen LogP contribution in [-0.4, -0.2) is 22.1 Å². The number of rotatable bonds is 4. The third-order valence-corrected chi connectivity index (χ3v) is 2.45. The van der Waals surface area contributed by atoms with Crippen molar-refractivity contribution in [2.75, 3.05) is 17.3 Å². The van der Waals surface area contributed by atoms with Crippen LogP contribution in [0.4, 0.5) is 5.69 Å². The molecule has 5 heteroatoms. The van der Waals surface area contributed by atoms with Crippen LogP contribution in [0.2, 0.25) is 0 Å². The highest BCUT2D eigenvalue weighted by molar-refractivity contribution is 7.85. The van der Waals surface area contributed by atoms with Crippen molar-refractivity contribution in [3.8, 4) is 0 Å². The van der Waals surface area contributed by atoms with Gasteiger partial charge < -0.3 is 11.1 Å². The van der Waals surface area contributed by atoms with E-state index in [9.17, 15) is 9.00 Å². The van der Waals surface area contributed by atoms with Crippen LogP contribution >= 0.6 is 0 Å². The van der Waals surface area contributed by atoms with Gasteiger partial charge in [0.1, 0.15) is 5.75 Å². The van der Waals surface area contributed by atoms with Crippen LogP contribution in [0.1, 0.15) is 5.56 Å². The second-order valence-corrected chi connectivity index (χ2v) is 4.61. The Bertz CT molecular complexity index is 379. The molecule has 4 nitrogen and oxygen atoms in total. The Labute approximate surface area is 91.3 Å². The van der Waals surface area contributed by atoms with Gasteiger partial charge in [0.05, 0.1) is 0 Å². The SMILES string of the molecule is CS(=O)CC(=O)Nc1cccc(CN)c1. The average Bonchev–Trinajstić information content (AvgIpc) is 2.16. The van der Waals surface area contributed by atoms with Crippen LogP contribution in [-0.2, 0) is 22.1 Å². The molecule has 0 heterocycles. The Morgan fingerprint density at radius 3 is 2.87 bits per heavy atom. The molecule has 0 saturated heterocycles. The Hall–Kier alpha value is -1.20. The van der Waals surface area contributed by atoms with E-state index in [0.717, 1.165) is 5.56 Å². The minimum atomic E-state index is -1.11. The molecule has 1 amide bonds. The quantitative estimate of drug-likeness (QED) is 0.783. The van der Waals surface area contributed by atoms with E-state index in [2.05, 4.69) is 5.32 Å². The molecular weight excluding hydrogens is 212 g/mol. The molecule has 0 spiro atoms. The van der Waals surface area contributed by atoms with Gasteiger partial charge in [-0.1, -0.05) is 12.1 Å². The van der Waals surface area contributed by atoms with E-state index in [1.54, 1.807) is 12.1 Å². The van der Waals surface area contributed by atoms with E-state index < -0.39 is 10.8 Å². The standard InChI is InChI=1S/C10H14N2O2S/c1-15(14)7-10(13)12-9-4-2-3-8(5-9)6-11/h2-5H,6-7,11H2,1H3,(H,12,13). The van der Waals surface area contributed by atoms with Crippen LogP contribution in [0.3, 0.4) is 0 Å². The molecule has 82 valence electrons. The third kappa shape index (κ3) is 4.22. The van der Waals surface area contributed by atoms with Crippen molar-refractivity contribution in [2.24, 2.45) is 5.73 Å². The lowest BCUT2D eigenvalue weighted by molar-refractivity contribution is -0.113. The first-order chi connectivity index (χ1) is 7.11. The summed E-state index contributed by atoms with van der Waals surface area (Å²) in [6, 6.07) is 7.28. The molecule has 15 heavy (non-hydrogen) atoms. The maximum atomic E-state index is 11.3. The summed E-state index contributed by atoms with van der Waals surface area (Å²) in [6.45, 7) is 0.434. The third-order valence-electron chi connectivity index (χ3n) is 1.78. The van der Waals surface area contributed by atoms with Gasteiger partial charge in [0.25, 0.3) is 0 Å². The molecule has 0 aliphatic carbocycles.